The van der Waals surface area contributed by atoms with Crippen LogP contribution in [-0.4, -0.2) is 37.0 Å². The Morgan fingerprint density at radius 2 is 1.60 bits per heavy atom. The molecule has 0 aromatic heterocycles. The number of benzene rings is 1. The van der Waals surface area contributed by atoms with Gasteiger partial charge < -0.3 is 19.5 Å². The van der Waals surface area contributed by atoms with E-state index in [1.165, 1.54) is 12.8 Å². The molecule has 4 heteroatoms. The van der Waals surface area contributed by atoms with Crippen molar-refractivity contribution < 1.29 is 14.2 Å². The summed E-state index contributed by atoms with van der Waals surface area (Å²) in [6.07, 6.45) is 8.36. The Morgan fingerprint density at radius 3 is 2.27 bits per heavy atom. The van der Waals surface area contributed by atoms with E-state index in [-0.39, 0.29) is 11.7 Å². The van der Waals surface area contributed by atoms with Gasteiger partial charge in [0.05, 0.1) is 24.4 Å². The van der Waals surface area contributed by atoms with Crippen molar-refractivity contribution in [1.82, 2.24) is 5.32 Å². The average molecular weight is 420 g/mol. The molecule has 1 saturated carbocycles. The minimum Gasteiger partial charge on any atom is -0.493 e. The normalized spacial score (nSPS) is 20.9. The van der Waals surface area contributed by atoms with E-state index >= 15 is 0 Å². The number of nitrogens with one attached hydrogen (secondary N) is 1. The second-order valence-corrected chi connectivity index (χ2v) is 10.1. The zero-order chi connectivity index (χ0) is 22.0. The lowest BCUT2D eigenvalue weighted by Crippen LogP contribution is -2.33. The molecule has 2 rings (SSSR count). The van der Waals surface area contributed by atoms with Crippen molar-refractivity contribution in [2.45, 2.75) is 110 Å². The summed E-state index contributed by atoms with van der Waals surface area (Å²) >= 11 is 0. The van der Waals surface area contributed by atoms with Gasteiger partial charge in [-0.15, -0.1) is 0 Å². The molecule has 1 aromatic carbocycles. The molecule has 1 fully saturated rings. The molecule has 1 atom stereocenters. The molecule has 0 unspecified atom stereocenters. The predicted octanol–water partition coefficient (Wildman–Crippen LogP) is 6.37. The molecule has 0 saturated heterocycles. The van der Waals surface area contributed by atoms with Crippen molar-refractivity contribution in [3.8, 4) is 11.5 Å². The van der Waals surface area contributed by atoms with Crippen LogP contribution in [0.2, 0.25) is 0 Å². The average Bonchev–Trinajstić information content (AvgIpc) is 2.67. The molecular weight excluding hydrogens is 374 g/mol. The number of rotatable bonds is 12. The Balaban J connectivity index is 1.62. The number of unbranched alkanes of at least 4 members (excludes halogenated alkanes) is 2. The van der Waals surface area contributed by atoms with Crippen molar-refractivity contribution in [1.29, 1.82) is 0 Å². The lowest BCUT2D eigenvalue weighted by atomic mass is 9.94. The summed E-state index contributed by atoms with van der Waals surface area (Å²) in [6.45, 7) is 15.0. The topological polar surface area (TPSA) is 39.7 Å². The van der Waals surface area contributed by atoms with Crippen molar-refractivity contribution in [3.63, 3.8) is 0 Å². The van der Waals surface area contributed by atoms with Gasteiger partial charge in [0.15, 0.2) is 0 Å². The second-order valence-electron chi connectivity index (χ2n) is 10.1. The van der Waals surface area contributed by atoms with Gasteiger partial charge in [-0.25, -0.2) is 0 Å². The Labute approximate surface area is 185 Å². The van der Waals surface area contributed by atoms with E-state index in [2.05, 4.69) is 46.9 Å². The van der Waals surface area contributed by atoms with E-state index in [0.29, 0.717) is 18.1 Å². The molecule has 0 bridgehead atoms. The molecule has 1 aliphatic carbocycles. The van der Waals surface area contributed by atoms with Gasteiger partial charge in [-0.2, -0.15) is 0 Å². The van der Waals surface area contributed by atoms with Gasteiger partial charge in [0.25, 0.3) is 0 Å². The summed E-state index contributed by atoms with van der Waals surface area (Å²) in [5, 5.41) is 3.59. The highest BCUT2D eigenvalue weighted by Crippen LogP contribution is 2.29. The summed E-state index contributed by atoms with van der Waals surface area (Å²) in [7, 11) is 0. The number of ether oxygens (including phenoxy) is 3. The summed E-state index contributed by atoms with van der Waals surface area (Å²) in [5.41, 5.74) is -0.0625. The molecule has 1 N–H and O–H groups in total. The van der Waals surface area contributed by atoms with Gasteiger partial charge in [0, 0.05) is 12.1 Å². The third-order valence-corrected chi connectivity index (χ3v) is 5.81. The summed E-state index contributed by atoms with van der Waals surface area (Å²) in [4.78, 5) is 0. The molecule has 172 valence electrons. The van der Waals surface area contributed by atoms with Crippen molar-refractivity contribution in [2.24, 2.45) is 5.92 Å². The van der Waals surface area contributed by atoms with Gasteiger partial charge >= 0.3 is 0 Å². The van der Waals surface area contributed by atoms with Gasteiger partial charge in [-0.05, 0) is 97.2 Å². The Kier molecular flexibility index (Phi) is 10.5. The minimum absolute atomic E-state index is 0.0625. The molecule has 30 heavy (non-hydrogen) atoms. The molecule has 1 aromatic rings. The molecule has 0 amide bonds. The maximum atomic E-state index is 6.23. The third-order valence-electron chi connectivity index (χ3n) is 5.81. The van der Waals surface area contributed by atoms with Gasteiger partial charge in [0.2, 0.25) is 0 Å². The van der Waals surface area contributed by atoms with Crippen LogP contribution in [0.25, 0.3) is 0 Å². The first kappa shape index (κ1) is 25.0. The van der Waals surface area contributed by atoms with Crippen LogP contribution in [-0.2, 0) is 4.74 Å². The standard InChI is InChI=1S/C26H45NO3/c1-20(2)21(3)27-17-8-7-9-18-28-24-11-10-12-25(19-24)29-22-13-15-23(16-14-22)30-26(4,5)6/h10-12,19-23,27H,7-9,13-18H2,1-6H3/t21-,22-,23-/m0/s1. The fraction of sp³-hybridized carbons (Fsp3) is 0.769. The Morgan fingerprint density at radius 1 is 0.933 bits per heavy atom. The van der Waals surface area contributed by atoms with Crippen molar-refractivity contribution >= 4 is 0 Å². The molecule has 0 aliphatic heterocycles. The summed E-state index contributed by atoms with van der Waals surface area (Å²) in [6, 6.07) is 8.70. The molecule has 4 nitrogen and oxygen atoms in total. The highest BCUT2D eigenvalue weighted by Gasteiger charge is 2.26. The summed E-state index contributed by atoms with van der Waals surface area (Å²) in [5.74, 6) is 2.51. The molecule has 0 radical (unpaired) electrons. The summed E-state index contributed by atoms with van der Waals surface area (Å²) < 4.78 is 18.3. The maximum absolute atomic E-state index is 6.23. The van der Waals surface area contributed by atoms with Crippen molar-refractivity contribution in [3.05, 3.63) is 24.3 Å². The maximum Gasteiger partial charge on any atom is 0.123 e. The van der Waals surface area contributed by atoms with Crippen LogP contribution >= 0.6 is 0 Å². The van der Waals surface area contributed by atoms with Crippen LogP contribution in [0.4, 0.5) is 0 Å². The number of hydrogen-bond acceptors (Lipinski definition) is 4. The first-order valence-corrected chi connectivity index (χ1v) is 12.0. The van der Waals surface area contributed by atoms with E-state index in [1.807, 2.05) is 24.3 Å². The van der Waals surface area contributed by atoms with Crippen molar-refractivity contribution in [2.75, 3.05) is 13.2 Å². The van der Waals surface area contributed by atoms with Gasteiger partial charge in [-0.1, -0.05) is 19.9 Å². The third kappa shape index (κ3) is 10.2. The molecule has 0 heterocycles. The minimum atomic E-state index is -0.0625. The van der Waals surface area contributed by atoms with E-state index in [1.54, 1.807) is 0 Å². The lowest BCUT2D eigenvalue weighted by molar-refractivity contribution is -0.0832. The Hall–Kier alpha value is -1.26. The highest BCUT2D eigenvalue weighted by molar-refractivity contribution is 5.33. The fourth-order valence-electron chi connectivity index (χ4n) is 3.76. The van der Waals surface area contributed by atoms with E-state index in [9.17, 15) is 0 Å². The predicted molar refractivity (Wildman–Crippen MR) is 126 cm³/mol. The molecule has 0 spiro atoms. The largest absolute Gasteiger partial charge is 0.493 e. The van der Waals surface area contributed by atoms with E-state index in [0.717, 1.165) is 56.8 Å². The quantitative estimate of drug-likeness (QED) is 0.399. The van der Waals surface area contributed by atoms with Gasteiger partial charge in [0.1, 0.15) is 11.5 Å². The van der Waals surface area contributed by atoms with Crippen LogP contribution in [0.15, 0.2) is 24.3 Å². The SMILES string of the molecule is CC(C)[C@H](C)NCCCCCOc1cccc(O[C@H]2CC[C@H](OC(C)(C)C)CC2)c1. The lowest BCUT2D eigenvalue weighted by Gasteiger charge is -2.33. The van der Waals surface area contributed by atoms with Gasteiger partial charge in [-0.3, -0.25) is 0 Å². The smallest absolute Gasteiger partial charge is 0.123 e. The molecule has 1 aliphatic rings. The zero-order valence-corrected chi connectivity index (χ0v) is 20.2. The second kappa shape index (κ2) is 12.6. The zero-order valence-electron chi connectivity index (χ0n) is 20.2. The molecular formula is C26H45NO3. The Bertz CT molecular complexity index is 588. The van der Waals surface area contributed by atoms with Crippen LogP contribution in [0.3, 0.4) is 0 Å². The monoisotopic (exact) mass is 419 g/mol. The fourth-order valence-corrected chi connectivity index (χ4v) is 3.76. The van der Waals surface area contributed by atoms with Crippen LogP contribution in [0.5, 0.6) is 11.5 Å². The number of hydrogen-bond donors (Lipinski definition) is 1. The first-order chi connectivity index (χ1) is 14.2. The van der Waals surface area contributed by atoms with E-state index in [4.69, 9.17) is 14.2 Å². The highest BCUT2D eigenvalue weighted by atomic mass is 16.5. The van der Waals surface area contributed by atoms with E-state index < -0.39 is 0 Å². The van der Waals surface area contributed by atoms with Crippen LogP contribution < -0.4 is 14.8 Å². The van der Waals surface area contributed by atoms with Crippen LogP contribution in [0.1, 0.15) is 86.5 Å². The first-order valence-electron chi connectivity index (χ1n) is 12.0. The van der Waals surface area contributed by atoms with Crippen LogP contribution in [0, 0.1) is 5.92 Å².